The average Bonchev–Trinajstić information content (AvgIpc) is 3.75. The van der Waals surface area contributed by atoms with Gasteiger partial charge in [0.2, 0.25) is 0 Å². The number of nitriles is 2. The first kappa shape index (κ1) is 41.5. The first-order chi connectivity index (χ1) is 34.0. The standard InChI is InChI=1S/C62H35N7/c1-65-51-23-11-20-45(31-51)47-26-28-60-56(34-47)55-33-46(44-19-9-13-40(29-44)38-63)25-27-59(55)69(60)61-53(48-21-10-14-41(30-48)39-64)35-50(36-54(61)49-22-12-24-52(32-49)66-2)62-67-57(42-15-5-3-6-16-42)37-58(68-62)43-17-7-4-8-18-43/h3-37H. The number of aromatic nitrogens is 3. The van der Waals surface area contributed by atoms with Crippen LogP contribution in [0.1, 0.15) is 11.1 Å². The number of hydrogen-bond acceptors (Lipinski definition) is 4. The van der Waals surface area contributed by atoms with Crippen LogP contribution < -0.4 is 0 Å². The van der Waals surface area contributed by atoms with Crippen molar-refractivity contribution in [2.75, 3.05) is 0 Å². The Hall–Kier alpha value is -10.2. The van der Waals surface area contributed by atoms with Gasteiger partial charge in [0.25, 0.3) is 0 Å². The van der Waals surface area contributed by atoms with E-state index < -0.39 is 0 Å². The zero-order valence-corrected chi connectivity index (χ0v) is 36.8. The van der Waals surface area contributed by atoms with Crippen molar-refractivity contribution in [3.63, 3.8) is 0 Å². The Morgan fingerprint density at radius 1 is 0.377 bits per heavy atom. The summed E-state index contributed by atoms with van der Waals surface area (Å²) in [5.41, 5.74) is 16.0. The van der Waals surface area contributed by atoms with Gasteiger partial charge < -0.3 is 4.57 Å². The van der Waals surface area contributed by atoms with Crippen molar-refractivity contribution >= 4 is 33.2 Å². The molecular formula is C62H35N7. The predicted molar refractivity (Wildman–Crippen MR) is 276 cm³/mol. The lowest BCUT2D eigenvalue weighted by Gasteiger charge is -2.21. The van der Waals surface area contributed by atoms with Crippen molar-refractivity contribution < 1.29 is 0 Å². The molecule has 318 valence electrons. The zero-order valence-electron chi connectivity index (χ0n) is 36.8. The van der Waals surface area contributed by atoms with Crippen LogP contribution >= 0.6 is 0 Å². The lowest BCUT2D eigenvalue weighted by Crippen LogP contribution is -2.03. The molecule has 9 aromatic carbocycles. The minimum Gasteiger partial charge on any atom is -0.308 e. The maximum atomic E-state index is 10.3. The molecular weight excluding hydrogens is 843 g/mol. The first-order valence-electron chi connectivity index (χ1n) is 22.2. The highest BCUT2D eigenvalue weighted by Crippen LogP contribution is 2.46. The summed E-state index contributed by atoms with van der Waals surface area (Å²) in [4.78, 5) is 18.1. The number of hydrogen-bond donors (Lipinski definition) is 0. The van der Waals surface area contributed by atoms with Crippen molar-refractivity contribution in [3.05, 3.63) is 246 Å². The smallest absolute Gasteiger partial charge is 0.187 e. The molecule has 2 aromatic heterocycles. The fourth-order valence-electron chi connectivity index (χ4n) is 9.18. The fraction of sp³-hybridized carbons (Fsp3) is 0. The summed E-state index contributed by atoms with van der Waals surface area (Å²) >= 11 is 0. The van der Waals surface area contributed by atoms with Gasteiger partial charge >= 0.3 is 0 Å². The molecule has 0 bridgehead atoms. The monoisotopic (exact) mass is 877 g/mol. The number of rotatable bonds is 8. The van der Waals surface area contributed by atoms with Crippen LogP contribution in [0, 0.1) is 35.8 Å². The summed E-state index contributed by atoms with van der Waals surface area (Å²) in [6.45, 7) is 15.8. The molecule has 0 saturated carbocycles. The third-order valence-electron chi connectivity index (χ3n) is 12.4. The number of nitrogens with zero attached hydrogens (tertiary/aromatic N) is 7. The van der Waals surface area contributed by atoms with E-state index in [1.165, 1.54) is 0 Å². The van der Waals surface area contributed by atoms with E-state index in [2.05, 4.69) is 74.9 Å². The molecule has 0 atom stereocenters. The van der Waals surface area contributed by atoms with Crippen molar-refractivity contribution in [2.45, 2.75) is 0 Å². The molecule has 0 radical (unpaired) electrons. The highest BCUT2D eigenvalue weighted by atomic mass is 15.0. The van der Waals surface area contributed by atoms with E-state index in [1.54, 1.807) is 12.1 Å². The molecule has 7 nitrogen and oxygen atoms in total. The molecule has 7 heteroatoms. The van der Waals surface area contributed by atoms with Gasteiger partial charge in [-0.3, -0.25) is 0 Å². The summed E-state index contributed by atoms with van der Waals surface area (Å²) in [6, 6.07) is 74.5. The molecule has 11 aromatic rings. The minimum atomic E-state index is 0.489. The highest BCUT2D eigenvalue weighted by molar-refractivity contribution is 6.13. The van der Waals surface area contributed by atoms with Crippen LogP contribution in [0.3, 0.4) is 0 Å². The van der Waals surface area contributed by atoms with Gasteiger partial charge in [0.05, 0.1) is 64.5 Å². The second-order valence-corrected chi connectivity index (χ2v) is 16.6. The van der Waals surface area contributed by atoms with Crippen LogP contribution in [0.25, 0.3) is 116 Å². The largest absolute Gasteiger partial charge is 0.308 e. The maximum absolute atomic E-state index is 10.3. The van der Waals surface area contributed by atoms with Gasteiger partial charge in [0, 0.05) is 38.6 Å². The molecule has 0 fully saturated rings. The Labute approximate surface area is 399 Å². The van der Waals surface area contributed by atoms with Gasteiger partial charge in [-0.25, -0.2) is 19.7 Å². The van der Waals surface area contributed by atoms with Crippen molar-refractivity contribution in [1.82, 2.24) is 14.5 Å². The van der Waals surface area contributed by atoms with E-state index in [4.69, 9.17) is 23.1 Å². The summed E-state index contributed by atoms with van der Waals surface area (Å²) in [5, 5.41) is 22.1. The molecule has 0 aliphatic heterocycles. The maximum Gasteiger partial charge on any atom is 0.187 e. The van der Waals surface area contributed by atoms with Gasteiger partial charge in [-0.1, -0.05) is 133 Å². The summed E-state index contributed by atoms with van der Waals surface area (Å²) < 4.78 is 2.29. The summed E-state index contributed by atoms with van der Waals surface area (Å²) in [5.74, 6) is 0.514. The molecule has 0 N–H and O–H groups in total. The Morgan fingerprint density at radius 3 is 1.30 bits per heavy atom. The fourth-order valence-corrected chi connectivity index (χ4v) is 9.18. The Balaban J connectivity index is 1.27. The van der Waals surface area contributed by atoms with Crippen LogP contribution in [-0.2, 0) is 0 Å². The molecule has 0 saturated heterocycles. The molecule has 11 rings (SSSR count). The molecule has 0 aliphatic carbocycles. The van der Waals surface area contributed by atoms with E-state index in [9.17, 15) is 10.5 Å². The zero-order chi connectivity index (χ0) is 46.8. The van der Waals surface area contributed by atoms with Crippen molar-refractivity contribution in [2.24, 2.45) is 0 Å². The van der Waals surface area contributed by atoms with Crippen LogP contribution in [0.5, 0.6) is 0 Å². The summed E-state index contributed by atoms with van der Waals surface area (Å²) in [7, 11) is 0. The van der Waals surface area contributed by atoms with Crippen molar-refractivity contribution in [3.8, 4) is 96.2 Å². The number of fused-ring (bicyclic) bond motifs is 3. The topological polar surface area (TPSA) is 87.0 Å². The molecule has 2 heterocycles. The molecule has 0 spiro atoms. The van der Waals surface area contributed by atoms with Crippen LogP contribution in [0.4, 0.5) is 11.4 Å². The minimum absolute atomic E-state index is 0.489. The predicted octanol–water partition coefficient (Wildman–Crippen LogP) is 16.1. The van der Waals surface area contributed by atoms with Gasteiger partial charge in [-0.15, -0.1) is 0 Å². The Bertz CT molecular complexity index is 3760. The van der Waals surface area contributed by atoms with Crippen LogP contribution in [-0.4, -0.2) is 14.5 Å². The normalized spacial score (nSPS) is 10.8. The van der Waals surface area contributed by atoms with Crippen LogP contribution in [0.15, 0.2) is 212 Å². The molecule has 69 heavy (non-hydrogen) atoms. The van der Waals surface area contributed by atoms with Crippen molar-refractivity contribution in [1.29, 1.82) is 10.5 Å². The van der Waals surface area contributed by atoms with E-state index in [1.807, 2.05) is 152 Å². The van der Waals surface area contributed by atoms with E-state index >= 15 is 0 Å². The SMILES string of the molecule is [C-]#[N+]c1cccc(-c2ccc3c(c2)c2cc(-c4cccc(C#N)c4)ccc2n3-c2c(-c3cccc(C#N)c3)cc(-c3nc(-c4ccccc4)cc(-c4ccccc4)n3)cc2-c2cccc([N+]#[C-])c2)c1. The average molecular weight is 878 g/mol. The van der Waals surface area contributed by atoms with E-state index in [0.29, 0.717) is 28.3 Å². The highest BCUT2D eigenvalue weighted by Gasteiger charge is 2.24. The van der Waals surface area contributed by atoms with Crippen LogP contribution in [0.2, 0.25) is 0 Å². The van der Waals surface area contributed by atoms with E-state index in [-0.39, 0.29) is 0 Å². The third kappa shape index (κ3) is 7.82. The number of benzene rings is 9. The Kier molecular flexibility index (Phi) is 10.6. The van der Waals surface area contributed by atoms with E-state index in [0.717, 1.165) is 100 Å². The second kappa shape index (κ2) is 17.7. The molecule has 0 unspecified atom stereocenters. The van der Waals surface area contributed by atoms with Gasteiger partial charge in [-0.05, 0) is 112 Å². The Morgan fingerprint density at radius 2 is 0.797 bits per heavy atom. The quantitative estimate of drug-likeness (QED) is 0.142. The summed E-state index contributed by atoms with van der Waals surface area (Å²) in [6.07, 6.45) is 0. The van der Waals surface area contributed by atoms with Gasteiger partial charge in [-0.2, -0.15) is 10.5 Å². The van der Waals surface area contributed by atoms with Gasteiger partial charge in [0.15, 0.2) is 17.2 Å². The lowest BCUT2D eigenvalue weighted by atomic mass is 9.91. The van der Waals surface area contributed by atoms with Gasteiger partial charge in [0.1, 0.15) is 0 Å². The second-order valence-electron chi connectivity index (χ2n) is 16.6. The molecule has 0 amide bonds. The molecule has 0 aliphatic rings. The third-order valence-corrected chi connectivity index (χ3v) is 12.4. The lowest BCUT2D eigenvalue weighted by molar-refractivity contribution is 1.17. The first-order valence-corrected chi connectivity index (χ1v) is 22.2.